The number of ether oxygens (including phenoxy) is 2. The molecule has 0 amide bonds. The molecule has 100 valence electrons. The molecule has 1 heterocycles. The molecule has 0 saturated heterocycles. The average molecular weight is 276 g/mol. The number of thiophene rings is 1. The normalized spacial score (nSPS) is 10.2. The Morgan fingerprint density at radius 3 is 2.58 bits per heavy atom. The van der Waals surface area contributed by atoms with Gasteiger partial charge in [-0.05, 0) is 41.1 Å². The van der Waals surface area contributed by atoms with Gasteiger partial charge in [0.15, 0.2) is 0 Å². The van der Waals surface area contributed by atoms with Crippen molar-refractivity contribution in [1.82, 2.24) is 0 Å². The zero-order valence-corrected chi connectivity index (χ0v) is 11.8. The van der Waals surface area contributed by atoms with E-state index in [1.807, 2.05) is 42.6 Å². The minimum Gasteiger partial charge on any atom is -0.497 e. The van der Waals surface area contributed by atoms with Crippen LogP contribution >= 0.6 is 11.3 Å². The SMILES string of the molecule is CCc1ccsc1C(=O)OCc1ccc(OC)cc1. The summed E-state index contributed by atoms with van der Waals surface area (Å²) in [6.07, 6.45) is 0.844. The Balaban J connectivity index is 1.96. The first kappa shape index (κ1) is 13.6. The van der Waals surface area contributed by atoms with Crippen molar-refractivity contribution in [3.63, 3.8) is 0 Å². The van der Waals surface area contributed by atoms with E-state index in [0.29, 0.717) is 4.88 Å². The van der Waals surface area contributed by atoms with E-state index in [0.717, 1.165) is 23.3 Å². The quantitative estimate of drug-likeness (QED) is 0.782. The first-order chi connectivity index (χ1) is 9.24. The predicted octanol–water partition coefficient (Wildman–Crippen LogP) is 3.68. The standard InChI is InChI=1S/C15H16O3S/c1-3-12-8-9-19-14(12)15(16)18-10-11-4-6-13(17-2)7-5-11/h4-9H,3,10H2,1-2H3. The van der Waals surface area contributed by atoms with Crippen LogP contribution in [0.4, 0.5) is 0 Å². The summed E-state index contributed by atoms with van der Waals surface area (Å²) < 4.78 is 10.4. The van der Waals surface area contributed by atoms with Gasteiger partial charge in [0.1, 0.15) is 17.2 Å². The molecule has 0 aliphatic carbocycles. The van der Waals surface area contributed by atoms with Gasteiger partial charge < -0.3 is 9.47 Å². The van der Waals surface area contributed by atoms with Gasteiger partial charge >= 0.3 is 5.97 Å². The lowest BCUT2D eigenvalue weighted by molar-refractivity contribution is 0.0477. The van der Waals surface area contributed by atoms with Gasteiger partial charge in [0, 0.05) is 0 Å². The fourth-order valence-electron chi connectivity index (χ4n) is 1.73. The molecule has 0 N–H and O–H groups in total. The van der Waals surface area contributed by atoms with Gasteiger partial charge in [-0.25, -0.2) is 4.79 Å². The molecule has 2 aromatic rings. The second-order valence-corrected chi connectivity index (χ2v) is 4.97. The van der Waals surface area contributed by atoms with Crippen LogP contribution in [-0.4, -0.2) is 13.1 Å². The predicted molar refractivity (Wildman–Crippen MR) is 75.8 cm³/mol. The third kappa shape index (κ3) is 3.35. The molecule has 0 unspecified atom stereocenters. The number of hydrogen-bond acceptors (Lipinski definition) is 4. The van der Waals surface area contributed by atoms with Crippen molar-refractivity contribution in [1.29, 1.82) is 0 Å². The lowest BCUT2D eigenvalue weighted by atomic mass is 10.2. The highest BCUT2D eigenvalue weighted by Crippen LogP contribution is 2.19. The van der Waals surface area contributed by atoms with Gasteiger partial charge in [-0.1, -0.05) is 19.1 Å². The first-order valence-corrected chi connectivity index (χ1v) is 6.99. The molecule has 0 saturated carbocycles. The van der Waals surface area contributed by atoms with Crippen molar-refractivity contribution in [3.8, 4) is 5.75 Å². The average Bonchev–Trinajstić information content (AvgIpc) is 2.93. The molecule has 0 atom stereocenters. The zero-order valence-electron chi connectivity index (χ0n) is 11.0. The van der Waals surface area contributed by atoms with Crippen LogP contribution in [0.15, 0.2) is 35.7 Å². The molecule has 4 heteroatoms. The van der Waals surface area contributed by atoms with Gasteiger partial charge in [-0.2, -0.15) is 0 Å². The second kappa shape index (κ2) is 6.38. The Hall–Kier alpha value is -1.81. The summed E-state index contributed by atoms with van der Waals surface area (Å²) in [6.45, 7) is 2.31. The van der Waals surface area contributed by atoms with Crippen LogP contribution in [0.2, 0.25) is 0 Å². The number of carbonyl (C=O) groups excluding carboxylic acids is 1. The van der Waals surface area contributed by atoms with Gasteiger partial charge in [0.05, 0.1) is 7.11 Å². The van der Waals surface area contributed by atoms with Crippen molar-refractivity contribution < 1.29 is 14.3 Å². The molecule has 0 aliphatic rings. The van der Waals surface area contributed by atoms with Crippen LogP contribution in [0.1, 0.15) is 27.7 Å². The number of rotatable bonds is 5. The van der Waals surface area contributed by atoms with E-state index in [9.17, 15) is 4.79 Å². The Kier molecular flexibility index (Phi) is 4.58. The van der Waals surface area contributed by atoms with Crippen LogP contribution in [0.3, 0.4) is 0 Å². The molecule has 0 spiro atoms. The molecular weight excluding hydrogens is 260 g/mol. The molecule has 0 fully saturated rings. The summed E-state index contributed by atoms with van der Waals surface area (Å²) in [4.78, 5) is 12.7. The Bertz CT molecular complexity index is 543. The Morgan fingerprint density at radius 1 is 1.21 bits per heavy atom. The number of carbonyl (C=O) groups is 1. The second-order valence-electron chi connectivity index (χ2n) is 4.05. The third-order valence-electron chi connectivity index (χ3n) is 2.84. The van der Waals surface area contributed by atoms with E-state index >= 15 is 0 Å². The number of methoxy groups -OCH3 is 1. The monoisotopic (exact) mass is 276 g/mol. The van der Waals surface area contributed by atoms with Gasteiger partial charge in [-0.15, -0.1) is 11.3 Å². The molecule has 2 rings (SSSR count). The highest BCUT2D eigenvalue weighted by atomic mass is 32.1. The van der Waals surface area contributed by atoms with Crippen molar-refractivity contribution in [2.75, 3.05) is 7.11 Å². The molecule has 19 heavy (non-hydrogen) atoms. The van der Waals surface area contributed by atoms with Crippen LogP contribution in [0, 0.1) is 0 Å². The number of hydrogen-bond donors (Lipinski definition) is 0. The van der Waals surface area contributed by atoms with E-state index in [1.165, 1.54) is 11.3 Å². The van der Waals surface area contributed by atoms with Crippen LogP contribution in [0.5, 0.6) is 5.75 Å². The van der Waals surface area contributed by atoms with Gasteiger partial charge in [0.25, 0.3) is 0 Å². The molecule has 1 aromatic carbocycles. The molecule has 3 nitrogen and oxygen atoms in total. The van der Waals surface area contributed by atoms with E-state index in [2.05, 4.69) is 0 Å². The van der Waals surface area contributed by atoms with Crippen LogP contribution < -0.4 is 4.74 Å². The fraction of sp³-hybridized carbons (Fsp3) is 0.267. The van der Waals surface area contributed by atoms with E-state index in [1.54, 1.807) is 7.11 Å². The van der Waals surface area contributed by atoms with Gasteiger partial charge in [-0.3, -0.25) is 0 Å². The first-order valence-electron chi connectivity index (χ1n) is 6.11. The third-order valence-corrected chi connectivity index (χ3v) is 3.78. The highest BCUT2D eigenvalue weighted by molar-refractivity contribution is 7.12. The number of esters is 1. The topological polar surface area (TPSA) is 35.5 Å². The molecule has 1 aromatic heterocycles. The summed E-state index contributed by atoms with van der Waals surface area (Å²) in [6, 6.07) is 9.45. The highest BCUT2D eigenvalue weighted by Gasteiger charge is 2.13. The van der Waals surface area contributed by atoms with Crippen molar-refractivity contribution in [2.45, 2.75) is 20.0 Å². The lowest BCUT2D eigenvalue weighted by Gasteiger charge is -2.06. The number of benzene rings is 1. The van der Waals surface area contributed by atoms with Gasteiger partial charge in [0.2, 0.25) is 0 Å². The largest absolute Gasteiger partial charge is 0.497 e. The van der Waals surface area contributed by atoms with E-state index < -0.39 is 0 Å². The fourth-order valence-corrected chi connectivity index (χ4v) is 2.62. The maximum atomic E-state index is 11.9. The van der Waals surface area contributed by atoms with E-state index in [4.69, 9.17) is 9.47 Å². The van der Waals surface area contributed by atoms with Crippen LogP contribution in [0.25, 0.3) is 0 Å². The minimum absolute atomic E-state index is 0.248. The number of aryl methyl sites for hydroxylation is 1. The smallest absolute Gasteiger partial charge is 0.348 e. The summed E-state index contributed by atoms with van der Waals surface area (Å²) in [5.74, 6) is 0.546. The Morgan fingerprint density at radius 2 is 1.95 bits per heavy atom. The molecule has 0 aliphatic heterocycles. The Labute approximate surface area is 116 Å². The summed E-state index contributed by atoms with van der Waals surface area (Å²) in [5.41, 5.74) is 1.99. The minimum atomic E-state index is -0.248. The summed E-state index contributed by atoms with van der Waals surface area (Å²) >= 11 is 1.43. The summed E-state index contributed by atoms with van der Waals surface area (Å²) in [5, 5.41) is 1.92. The van der Waals surface area contributed by atoms with Crippen LogP contribution in [-0.2, 0) is 17.8 Å². The maximum Gasteiger partial charge on any atom is 0.348 e. The molecule has 0 radical (unpaired) electrons. The van der Waals surface area contributed by atoms with Crippen molar-refractivity contribution in [3.05, 3.63) is 51.7 Å². The zero-order chi connectivity index (χ0) is 13.7. The molecule has 0 bridgehead atoms. The maximum absolute atomic E-state index is 11.9. The van der Waals surface area contributed by atoms with E-state index in [-0.39, 0.29) is 12.6 Å². The van der Waals surface area contributed by atoms with Crippen molar-refractivity contribution in [2.24, 2.45) is 0 Å². The lowest BCUT2D eigenvalue weighted by Crippen LogP contribution is -2.05. The summed E-state index contributed by atoms with van der Waals surface area (Å²) in [7, 11) is 1.62. The molecular formula is C15H16O3S. The van der Waals surface area contributed by atoms with Crippen molar-refractivity contribution >= 4 is 17.3 Å².